The maximum Gasteiger partial charge on any atom is 0.274 e. The lowest BCUT2D eigenvalue weighted by atomic mass is 10.1. The molecule has 0 unspecified atom stereocenters. The summed E-state index contributed by atoms with van der Waals surface area (Å²) in [5.74, 6) is 2.08. The monoisotopic (exact) mass is 407 g/mol. The maximum atomic E-state index is 11.5. The summed E-state index contributed by atoms with van der Waals surface area (Å²) in [5, 5.41) is 8.53. The summed E-state index contributed by atoms with van der Waals surface area (Å²) in [6.45, 7) is 7.58. The topological polar surface area (TPSA) is 72.9 Å². The largest absolute Gasteiger partial charge is 0.497 e. The highest BCUT2D eigenvalue weighted by molar-refractivity contribution is 5.94. The van der Waals surface area contributed by atoms with Crippen molar-refractivity contribution in [3.05, 3.63) is 60.0 Å². The highest BCUT2D eigenvalue weighted by Crippen LogP contribution is 2.22. The SMILES string of the molecule is COc1ccc(-c2nnc([C@@H](C)[NH+]3CCN(c4ccc(C(C)=O)cc4)CC3)o2)cc1. The predicted molar refractivity (Wildman–Crippen MR) is 114 cm³/mol. The summed E-state index contributed by atoms with van der Waals surface area (Å²) in [5.41, 5.74) is 2.79. The molecule has 0 spiro atoms. The number of benzene rings is 2. The normalized spacial score (nSPS) is 15.8. The Labute approximate surface area is 176 Å². The van der Waals surface area contributed by atoms with Crippen LogP contribution in [0.4, 0.5) is 5.69 Å². The molecule has 0 saturated carbocycles. The number of methoxy groups -OCH3 is 1. The van der Waals surface area contributed by atoms with Gasteiger partial charge in [0.2, 0.25) is 5.89 Å². The van der Waals surface area contributed by atoms with Crippen molar-refractivity contribution in [2.75, 3.05) is 38.2 Å². The first-order chi connectivity index (χ1) is 14.5. The standard InChI is InChI=1S/C23H26N4O3/c1-16(22-24-25-23(30-22)19-6-10-21(29-3)11-7-19)26-12-14-27(15-13-26)20-8-4-18(5-9-20)17(2)28/h4-11,16H,12-15H2,1-3H3/p+1/t16-/m1/s1. The van der Waals surface area contributed by atoms with Crippen LogP contribution in [0.25, 0.3) is 11.5 Å². The Hall–Kier alpha value is -3.19. The molecule has 1 atom stereocenters. The van der Waals surface area contributed by atoms with Gasteiger partial charge < -0.3 is 19.0 Å². The number of Topliss-reactive ketones (excluding diaryl/α,β-unsaturated/α-hetero) is 1. The molecule has 3 aromatic rings. The van der Waals surface area contributed by atoms with Crippen molar-refractivity contribution >= 4 is 11.5 Å². The second kappa shape index (κ2) is 8.67. The fourth-order valence-electron chi connectivity index (χ4n) is 3.83. The van der Waals surface area contributed by atoms with E-state index < -0.39 is 0 Å². The number of nitrogens with one attached hydrogen (secondary N) is 1. The fourth-order valence-corrected chi connectivity index (χ4v) is 3.83. The van der Waals surface area contributed by atoms with Crippen LogP contribution in [-0.2, 0) is 0 Å². The second-order valence-corrected chi connectivity index (χ2v) is 7.64. The van der Waals surface area contributed by atoms with E-state index in [1.165, 1.54) is 4.90 Å². The van der Waals surface area contributed by atoms with Gasteiger partial charge in [0.1, 0.15) is 5.75 Å². The fraction of sp³-hybridized carbons (Fsp3) is 0.348. The van der Waals surface area contributed by atoms with Crippen LogP contribution >= 0.6 is 0 Å². The number of quaternary nitrogens is 1. The van der Waals surface area contributed by atoms with E-state index in [4.69, 9.17) is 9.15 Å². The molecule has 1 fully saturated rings. The van der Waals surface area contributed by atoms with Gasteiger partial charge in [0.15, 0.2) is 11.8 Å². The number of anilines is 1. The van der Waals surface area contributed by atoms with Crippen LogP contribution in [0.5, 0.6) is 5.75 Å². The van der Waals surface area contributed by atoms with Gasteiger partial charge in [-0.2, -0.15) is 0 Å². The average molecular weight is 407 g/mol. The van der Waals surface area contributed by atoms with E-state index in [1.807, 2.05) is 48.5 Å². The molecule has 1 aliphatic heterocycles. The number of hydrogen-bond acceptors (Lipinski definition) is 6. The minimum absolute atomic E-state index is 0.0956. The number of ether oxygens (including phenoxy) is 1. The molecule has 1 aromatic heterocycles. The van der Waals surface area contributed by atoms with E-state index in [0.29, 0.717) is 11.8 Å². The summed E-state index contributed by atoms with van der Waals surface area (Å²) in [7, 11) is 1.64. The Bertz CT molecular complexity index is 990. The van der Waals surface area contributed by atoms with Crippen molar-refractivity contribution in [2.24, 2.45) is 0 Å². The summed E-state index contributed by atoms with van der Waals surface area (Å²) in [6, 6.07) is 15.6. The maximum absolute atomic E-state index is 11.5. The molecule has 1 N–H and O–H groups in total. The van der Waals surface area contributed by atoms with Gasteiger partial charge in [-0.05, 0) is 62.4 Å². The third-order valence-corrected chi connectivity index (χ3v) is 5.81. The molecule has 156 valence electrons. The smallest absolute Gasteiger partial charge is 0.274 e. The first-order valence-corrected chi connectivity index (χ1v) is 10.2. The van der Waals surface area contributed by atoms with Gasteiger partial charge in [-0.15, -0.1) is 10.2 Å². The van der Waals surface area contributed by atoms with Gasteiger partial charge in [-0.1, -0.05) is 0 Å². The lowest BCUT2D eigenvalue weighted by Gasteiger charge is -2.35. The van der Waals surface area contributed by atoms with E-state index >= 15 is 0 Å². The van der Waals surface area contributed by atoms with E-state index in [1.54, 1.807) is 14.0 Å². The first-order valence-electron chi connectivity index (χ1n) is 10.2. The van der Waals surface area contributed by atoms with Crippen molar-refractivity contribution < 1.29 is 18.8 Å². The molecule has 0 radical (unpaired) electrons. The number of hydrogen-bond donors (Lipinski definition) is 1. The molecule has 1 aliphatic rings. The number of carbonyl (C=O) groups excluding carboxylic acids is 1. The van der Waals surface area contributed by atoms with Crippen molar-refractivity contribution in [2.45, 2.75) is 19.9 Å². The predicted octanol–water partition coefficient (Wildman–Crippen LogP) is 2.41. The number of ketones is 1. The van der Waals surface area contributed by atoms with E-state index in [-0.39, 0.29) is 11.8 Å². The van der Waals surface area contributed by atoms with Gasteiger partial charge in [-0.3, -0.25) is 4.79 Å². The summed E-state index contributed by atoms with van der Waals surface area (Å²) >= 11 is 0. The Morgan fingerprint density at radius 1 is 1.07 bits per heavy atom. The third kappa shape index (κ3) is 4.21. The Morgan fingerprint density at radius 2 is 1.73 bits per heavy atom. The van der Waals surface area contributed by atoms with Crippen LogP contribution in [0, 0.1) is 0 Å². The quantitative estimate of drug-likeness (QED) is 0.633. The summed E-state index contributed by atoms with van der Waals surface area (Å²) in [4.78, 5) is 15.2. The van der Waals surface area contributed by atoms with Gasteiger partial charge in [0.25, 0.3) is 5.89 Å². The number of carbonyl (C=O) groups is 1. The Balaban J connectivity index is 1.37. The third-order valence-electron chi connectivity index (χ3n) is 5.81. The van der Waals surface area contributed by atoms with Crippen LogP contribution in [0.3, 0.4) is 0 Å². The van der Waals surface area contributed by atoms with Gasteiger partial charge in [0.05, 0.1) is 33.3 Å². The zero-order valence-electron chi connectivity index (χ0n) is 17.6. The second-order valence-electron chi connectivity index (χ2n) is 7.64. The van der Waals surface area contributed by atoms with Crippen LogP contribution in [0.1, 0.15) is 36.1 Å². The molecule has 4 rings (SSSR count). The van der Waals surface area contributed by atoms with Crippen molar-refractivity contribution in [3.8, 4) is 17.2 Å². The minimum atomic E-state index is 0.0956. The molecule has 0 bridgehead atoms. The number of rotatable bonds is 6. The number of piperazine rings is 1. The molecule has 0 aliphatic carbocycles. The molecule has 7 nitrogen and oxygen atoms in total. The number of aromatic nitrogens is 2. The molecule has 7 heteroatoms. The van der Waals surface area contributed by atoms with E-state index in [9.17, 15) is 4.79 Å². The minimum Gasteiger partial charge on any atom is -0.497 e. The zero-order chi connectivity index (χ0) is 21.1. The van der Waals surface area contributed by atoms with Gasteiger partial charge >= 0.3 is 0 Å². The van der Waals surface area contributed by atoms with Crippen LogP contribution < -0.4 is 14.5 Å². The molecular formula is C23H27N4O3+. The zero-order valence-corrected chi connectivity index (χ0v) is 17.6. The summed E-state index contributed by atoms with van der Waals surface area (Å²) < 4.78 is 11.2. The molecule has 2 aromatic carbocycles. The Kier molecular flexibility index (Phi) is 5.81. The van der Waals surface area contributed by atoms with Crippen molar-refractivity contribution in [1.82, 2.24) is 10.2 Å². The van der Waals surface area contributed by atoms with Crippen molar-refractivity contribution in [3.63, 3.8) is 0 Å². The van der Waals surface area contributed by atoms with E-state index in [2.05, 4.69) is 22.0 Å². The molecule has 1 saturated heterocycles. The van der Waals surface area contributed by atoms with Gasteiger partial charge in [0, 0.05) is 16.8 Å². The van der Waals surface area contributed by atoms with Crippen LogP contribution in [0.2, 0.25) is 0 Å². The molecule has 0 amide bonds. The van der Waals surface area contributed by atoms with Crippen LogP contribution in [-0.4, -0.2) is 49.3 Å². The average Bonchev–Trinajstić information content (AvgIpc) is 3.29. The summed E-state index contributed by atoms with van der Waals surface area (Å²) in [6.07, 6.45) is 0. The molecule has 30 heavy (non-hydrogen) atoms. The highest BCUT2D eigenvalue weighted by Gasteiger charge is 2.29. The lowest BCUT2D eigenvalue weighted by molar-refractivity contribution is -0.931. The first kappa shape index (κ1) is 20.1. The molecule has 2 heterocycles. The number of nitrogens with zero attached hydrogens (tertiary/aromatic N) is 3. The van der Waals surface area contributed by atoms with Crippen molar-refractivity contribution in [1.29, 1.82) is 0 Å². The lowest BCUT2D eigenvalue weighted by Crippen LogP contribution is -3.14. The van der Waals surface area contributed by atoms with Gasteiger partial charge in [-0.25, -0.2) is 0 Å². The Morgan fingerprint density at radius 3 is 2.33 bits per heavy atom. The van der Waals surface area contributed by atoms with Crippen LogP contribution in [0.15, 0.2) is 52.9 Å². The highest BCUT2D eigenvalue weighted by atomic mass is 16.5. The van der Waals surface area contributed by atoms with E-state index in [0.717, 1.165) is 48.7 Å². The molecular weight excluding hydrogens is 380 g/mol.